The fourth-order valence-corrected chi connectivity index (χ4v) is 10.2. The van der Waals surface area contributed by atoms with E-state index < -0.39 is 7.92 Å². The molecule has 43 heavy (non-hydrogen) atoms. The lowest BCUT2D eigenvalue weighted by Crippen LogP contribution is -2.29. The Kier molecular flexibility index (Phi) is 9.55. The van der Waals surface area contributed by atoms with Crippen molar-refractivity contribution in [2.45, 2.75) is 78.6 Å². The van der Waals surface area contributed by atoms with Gasteiger partial charge in [0.2, 0.25) is 0 Å². The van der Waals surface area contributed by atoms with Gasteiger partial charge in [0, 0.05) is 0 Å². The topological polar surface area (TPSA) is 0 Å². The highest BCUT2D eigenvalue weighted by atomic mass is 31.1. The Labute approximate surface area is 259 Å². The molecule has 1 heteroatoms. The number of aryl methyl sites for hydroxylation is 3. The molecule has 0 spiro atoms. The van der Waals surface area contributed by atoms with E-state index in [1.165, 1.54) is 87.5 Å². The molecule has 0 aliphatic carbocycles. The normalized spacial score (nSPS) is 11.7. The van der Waals surface area contributed by atoms with Crippen molar-refractivity contribution in [1.29, 1.82) is 0 Å². The third-order valence-corrected chi connectivity index (χ3v) is 11.9. The van der Waals surface area contributed by atoms with Crippen molar-refractivity contribution in [3.05, 3.63) is 126 Å². The first kappa shape index (κ1) is 29.6. The van der Waals surface area contributed by atoms with Crippen LogP contribution in [0.2, 0.25) is 0 Å². The zero-order valence-electron chi connectivity index (χ0n) is 26.2. The predicted octanol–water partition coefficient (Wildman–Crippen LogP) is 10.9. The minimum Gasteiger partial charge on any atom is -0.0654 e. The van der Waals surface area contributed by atoms with Crippen molar-refractivity contribution in [1.82, 2.24) is 0 Å². The summed E-state index contributed by atoms with van der Waals surface area (Å²) in [6.07, 6.45) is 10.6. The lowest BCUT2D eigenvalue weighted by atomic mass is 10.0. The van der Waals surface area contributed by atoms with Gasteiger partial charge < -0.3 is 0 Å². The molecule has 0 nitrogen and oxygen atoms in total. The summed E-state index contributed by atoms with van der Waals surface area (Å²) in [6, 6.07) is 42.1. The molecule has 0 atom stereocenters. The van der Waals surface area contributed by atoms with Gasteiger partial charge in [0.25, 0.3) is 0 Å². The number of hydrogen-bond acceptors (Lipinski definition) is 0. The Morgan fingerprint density at radius 1 is 0.372 bits per heavy atom. The van der Waals surface area contributed by atoms with E-state index in [4.69, 9.17) is 0 Å². The Bertz CT molecular complexity index is 1630. The zero-order chi connectivity index (χ0) is 29.6. The summed E-state index contributed by atoms with van der Waals surface area (Å²) in [5.41, 5.74) is 4.61. The van der Waals surface area contributed by atoms with Gasteiger partial charge >= 0.3 is 0 Å². The fraction of sp³-hybridized carbons (Fsp3) is 0.286. The molecule has 0 saturated carbocycles. The van der Waals surface area contributed by atoms with Crippen molar-refractivity contribution in [2.24, 2.45) is 0 Å². The average molecular weight is 581 g/mol. The summed E-state index contributed by atoms with van der Waals surface area (Å²) in [7, 11) is -0.857. The Morgan fingerprint density at radius 3 is 0.977 bits per heavy atom. The number of unbranched alkanes of at least 4 members (excludes halogenated alkanes) is 3. The fourth-order valence-electron chi connectivity index (χ4n) is 6.74. The minimum absolute atomic E-state index is 0.857. The van der Waals surface area contributed by atoms with Gasteiger partial charge in [0.1, 0.15) is 0 Å². The molecule has 6 aromatic carbocycles. The van der Waals surface area contributed by atoms with E-state index >= 15 is 0 Å². The molecule has 0 aliphatic rings. The van der Waals surface area contributed by atoms with Crippen LogP contribution >= 0.6 is 7.92 Å². The van der Waals surface area contributed by atoms with Crippen LogP contribution < -0.4 is 15.9 Å². The van der Waals surface area contributed by atoms with Crippen LogP contribution in [0.15, 0.2) is 109 Å². The molecule has 0 amide bonds. The van der Waals surface area contributed by atoms with Crippen LogP contribution in [0.3, 0.4) is 0 Å². The zero-order valence-corrected chi connectivity index (χ0v) is 27.1. The van der Waals surface area contributed by atoms with Crippen LogP contribution in [-0.2, 0) is 19.3 Å². The highest BCUT2D eigenvalue weighted by molar-refractivity contribution is 7.81. The van der Waals surface area contributed by atoms with E-state index in [9.17, 15) is 0 Å². The van der Waals surface area contributed by atoms with Gasteiger partial charge in [-0.1, -0.05) is 149 Å². The summed E-state index contributed by atoms with van der Waals surface area (Å²) in [5, 5.41) is 13.1. The maximum atomic E-state index is 2.47. The molecule has 0 saturated heterocycles. The molecule has 6 aromatic rings. The van der Waals surface area contributed by atoms with Gasteiger partial charge in [-0.25, -0.2) is 0 Å². The highest BCUT2D eigenvalue weighted by Crippen LogP contribution is 2.44. The van der Waals surface area contributed by atoms with Crippen molar-refractivity contribution in [2.75, 3.05) is 0 Å². The first-order chi connectivity index (χ1) is 21.2. The van der Waals surface area contributed by atoms with E-state index in [2.05, 4.69) is 130 Å². The van der Waals surface area contributed by atoms with Gasteiger partial charge in [-0.3, -0.25) is 0 Å². The molecule has 0 radical (unpaired) electrons. The number of hydrogen-bond donors (Lipinski definition) is 0. The first-order valence-electron chi connectivity index (χ1n) is 16.6. The third-order valence-electron chi connectivity index (χ3n) is 9.02. The molecule has 0 N–H and O–H groups in total. The van der Waals surface area contributed by atoms with Crippen molar-refractivity contribution >= 4 is 56.2 Å². The minimum atomic E-state index is -0.857. The van der Waals surface area contributed by atoms with E-state index in [0.29, 0.717) is 0 Å². The average Bonchev–Trinajstić information content (AvgIpc) is 3.06. The summed E-state index contributed by atoms with van der Waals surface area (Å²) >= 11 is 0. The second kappa shape index (κ2) is 13.9. The molecule has 0 aliphatic heterocycles. The molecule has 0 heterocycles. The summed E-state index contributed by atoms with van der Waals surface area (Å²) in [4.78, 5) is 0. The summed E-state index contributed by atoms with van der Waals surface area (Å²) in [5.74, 6) is 0. The van der Waals surface area contributed by atoms with Crippen LogP contribution in [0.4, 0.5) is 0 Å². The van der Waals surface area contributed by atoms with Crippen LogP contribution in [0.25, 0.3) is 32.3 Å². The van der Waals surface area contributed by atoms with Crippen molar-refractivity contribution in [3.8, 4) is 0 Å². The van der Waals surface area contributed by atoms with Gasteiger partial charge in [-0.15, -0.1) is 0 Å². The van der Waals surface area contributed by atoms with Crippen LogP contribution in [0.1, 0.15) is 76.0 Å². The summed E-state index contributed by atoms with van der Waals surface area (Å²) in [6.45, 7) is 6.97. The molecule has 6 rings (SSSR count). The van der Waals surface area contributed by atoms with Gasteiger partial charge in [-0.2, -0.15) is 0 Å². The Morgan fingerprint density at radius 2 is 0.674 bits per heavy atom. The number of benzene rings is 6. The monoisotopic (exact) mass is 580 g/mol. The first-order valence-corrected chi connectivity index (χ1v) is 17.9. The lowest BCUT2D eigenvalue weighted by Gasteiger charge is -2.30. The highest BCUT2D eigenvalue weighted by Gasteiger charge is 2.29. The van der Waals surface area contributed by atoms with Crippen LogP contribution in [0, 0.1) is 0 Å². The van der Waals surface area contributed by atoms with Crippen LogP contribution in [-0.4, -0.2) is 0 Å². The molecule has 0 aromatic heterocycles. The Hall–Kier alpha value is -3.47. The second-order valence-electron chi connectivity index (χ2n) is 12.0. The number of rotatable bonds is 12. The largest absolute Gasteiger partial charge is 0.0654 e. The smallest absolute Gasteiger partial charge is 0.00400 e. The van der Waals surface area contributed by atoms with E-state index in [1.54, 1.807) is 15.9 Å². The molecule has 0 fully saturated rings. The third kappa shape index (κ3) is 6.01. The quantitative estimate of drug-likeness (QED) is 0.126. The SMILES string of the molecule is CCCCc1ccc2ccccc2c1P(c1c(CCCC)ccc2ccccc12)c1c(CCCC)ccc2ccccc12. The lowest BCUT2D eigenvalue weighted by molar-refractivity contribution is 0.797. The van der Waals surface area contributed by atoms with Gasteiger partial charge in [-0.05, 0) is 111 Å². The predicted molar refractivity (Wildman–Crippen MR) is 194 cm³/mol. The molecule has 218 valence electrons. The maximum absolute atomic E-state index is 2.47. The van der Waals surface area contributed by atoms with Gasteiger partial charge in [0.05, 0.1) is 0 Å². The van der Waals surface area contributed by atoms with E-state index in [0.717, 1.165) is 19.3 Å². The summed E-state index contributed by atoms with van der Waals surface area (Å²) < 4.78 is 0. The molecule has 0 bridgehead atoms. The van der Waals surface area contributed by atoms with Crippen molar-refractivity contribution < 1.29 is 0 Å². The molecule has 0 unspecified atom stereocenters. The Balaban J connectivity index is 1.81. The number of fused-ring (bicyclic) bond motifs is 3. The maximum Gasteiger partial charge on any atom is -0.00400 e. The van der Waals surface area contributed by atoms with E-state index in [1.807, 2.05) is 0 Å². The molecular weight excluding hydrogens is 535 g/mol. The van der Waals surface area contributed by atoms with E-state index in [-0.39, 0.29) is 0 Å². The van der Waals surface area contributed by atoms with Crippen LogP contribution in [0.5, 0.6) is 0 Å². The standard InChI is InChI=1S/C42H45P/c1-4-7-16-34-28-25-31-19-10-13-22-37(31)40(34)43(41-35(17-8-5-2)29-26-32-20-11-14-23-38(32)41)42-36(18-9-6-3)30-27-33-21-12-15-24-39(33)42/h10-15,19-30H,4-9,16-18H2,1-3H3. The molecular formula is C42H45P. The van der Waals surface area contributed by atoms with Crippen molar-refractivity contribution in [3.63, 3.8) is 0 Å². The second-order valence-corrected chi connectivity index (χ2v) is 14.0. The van der Waals surface area contributed by atoms with Gasteiger partial charge in [0.15, 0.2) is 0 Å².